The number of nitrogens with zero attached hydrogens (tertiary/aromatic N) is 2. The van der Waals surface area contributed by atoms with Gasteiger partial charge in [0.25, 0.3) is 0 Å². The molecule has 0 spiro atoms. The number of esters is 1. The zero-order chi connectivity index (χ0) is 26.7. The molecule has 0 aromatic heterocycles. The van der Waals surface area contributed by atoms with Crippen LogP contribution < -0.4 is 16.0 Å². The fourth-order valence-corrected chi connectivity index (χ4v) is 4.41. The Morgan fingerprint density at radius 1 is 1.09 bits per heavy atom. The van der Waals surface area contributed by atoms with Crippen molar-refractivity contribution in [3.8, 4) is 0 Å². The standard InChI is InChI=1S/C25H43N5O5/c1-14(2)17-22(33)29-18(24(3,4)5)20(28-19(23(34)35-9)25(6,7)8)26-13-16(31)30-12-10-11-15(30)21(32)27-17/h14-15,17-19H,10-13H2,1-9H3,(H,26,28)(H,27,32)(H,29,33)/t15-,17-,18?,19+/m0/s1. The summed E-state index contributed by atoms with van der Waals surface area (Å²) in [6.07, 6.45) is 1.24. The molecule has 1 fully saturated rings. The minimum atomic E-state index is -0.787. The molecule has 0 radical (unpaired) electrons. The normalized spacial score (nSPS) is 25.5. The van der Waals surface area contributed by atoms with E-state index >= 15 is 0 Å². The molecule has 4 atom stereocenters. The van der Waals surface area contributed by atoms with Crippen LogP contribution in [-0.4, -0.2) is 78.8 Å². The van der Waals surface area contributed by atoms with Gasteiger partial charge in [-0.25, -0.2) is 4.79 Å². The van der Waals surface area contributed by atoms with E-state index in [-0.39, 0.29) is 30.2 Å². The van der Waals surface area contributed by atoms with Crippen LogP contribution in [0.3, 0.4) is 0 Å². The first-order valence-corrected chi connectivity index (χ1v) is 12.4. The number of hydrogen-bond acceptors (Lipinski definition) is 7. The van der Waals surface area contributed by atoms with Crippen molar-refractivity contribution in [3.63, 3.8) is 0 Å². The van der Waals surface area contributed by atoms with Gasteiger partial charge in [-0.15, -0.1) is 0 Å². The van der Waals surface area contributed by atoms with Crippen LogP contribution in [0.1, 0.15) is 68.2 Å². The van der Waals surface area contributed by atoms with Crippen LogP contribution in [-0.2, 0) is 23.9 Å². The molecule has 1 saturated heterocycles. The van der Waals surface area contributed by atoms with E-state index in [0.29, 0.717) is 25.2 Å². The lowest BCUT2D eigenvalue weighted by atomic mass is 9.83. The van der Waals surface area contributed by atoms with Crippen molar-refractivity contribution in [2.75, 3.05) is 20.2 Å². The van der Waals surface area contributed by atoms with Gasteiger partial charge in [-0.2, -0.15) is 0 Å². The van der Waals surface area contributed by atoms with Gasteiger partial charge in [0.05, 0.1) is 13.2 Å². The first-order valence-electron chi connectivity index (χ1n) is 12.4. The molecular weight excluding hydrogens is 450 g/mol. The van der Waals surface area contributed by atoms with E-state index in [1.54, 1.807) is 4.90 Å². The number of fused-ring (bicyclic) bond motifs is 1. The lowest BCUT2D eigenvalue weighted by Crippen LogP contribution is -2.63. The highest BCUT2D eigenvalue weighted by atomic mass is 16.5. The molecule has 35 heavy (non-hydrogen) atoms. The monoisotopic (exact) mass is 493 g/mol. The zero-order valence-electron chi connectivity index (χ0n) is 22.7. The Bertz CT molecular complexity index is 855. The third kappa shape index (κ3) is 6.95. The summed E-state index contributed by atoms with van der Waals surface area (Å²) in [5, 5.41) is 9.13. The molecule has 3 amide bonds. The molecule has 2 heterocycles. The minimum Gasteiger partial charge on any atom is -0.467 e. The largest absolute Gasteiger partial charge is 0.467 e. The molecule has 2 rings (SSSR count). The predicted octanol–water partition coefficient (Wildman–Crippen LogP) is 1.24. The van der Waals surface area contributed by atoms with Crippen LogP contribution in [0.15, 0.2) is 4.99 Å². The SMILES string of the molecule is COC(=O)[C@@H](NC1=NCC(=O)N2CCC[C@H]2C(=O)N[C@@H](C(C)C)C(=O)NC1C(C)(C)C)C(C)(C)C. The molecule has 0 aromatic rings. The molecule has 2 aliphatic rings. The van der Waals surface area contributed by atoms with Crippen LogP contribution in [0.25, 0.3) is 0 Å². The molecule has 0 bridgehead atoms. The van der Waals surface area contributed by atoms with E-state index < -0.39 is 41.0 Å². The molecule has 198 valence electrons. The number of aliphatic imine (C=N–C) groups is 1. The number of nitrogens with one attached hydrogen (secondary N) is 3. The number of amidine groups is 1. The molecule has 2 aliphatic heterocycles. The van der Waals surface area contributed by atoms with Gasteiger partial charge < -0.3 is 25.6 Å². The average Bonchev–Trinajstić information content (AvgIpc) is 3.23. The van der Waals surface area contributed by atoms with Crippen molar-refractivity contribution in [1.29, 1.82) is 0 Å². The molecule has 10 heteroatoms. The zero-order valence-corrected chi connectivity index (χ0v) is 22.7. The van der Waals surface area contributed by atoms with Crippen molar-refractivity contribution in [3.05, 3.63) is 0 Å². The van der Waals surface area contributed by atoms with Gasteiger partial charge in [0.15, 0.2) is 0 Å². The maximum absolute atomic E-state index is 13.5. The van der Waals surface area contributed by atoms with Gasteiger partial charge in [0.1, 0.15) is 30.5 Å². The molecule has 10 nitrogen and oxygen atoms in total. The van der Waals surface area contributed by atoms with Crippen LogP contribution in [0, 0.1) is 16.7 Å². The van der Waals surface area contributed by atoms with E-state index in [4.69, 9.17) is 4.74 Å². The molecule has 0 aromatic carbocycles. The summed E-state index contributed by atoms with van der Waals surface area (Å²) < 4.78 is 5.03. The number of amides is 3. The summed E-state index contributed by atoms with van der Waals surface area (Å²) in [7, 11) is 1.32. The fraction of sp³-hybridized carbons (Fsp3) is 0.800. The van der Waals surface area contributed by atoms with Crippen molar-refractivity contribution in [1.82, 2.24) is 20.9 Å². The van der Waals surface area contributed by atoms with Crippen molar-refractivity contribution in [2.24, 2.45) is 21.7 Å². The van der Waals surface area contributed by atoms with Crippen LogP contribution in [0.4, 0.5) is 0 Å². The number of ether oxygens (including phenoxy) is 1. The second-order valence-corrected chi connectivity index (χ2v) is 12.0. The third-order valence-corrected chi connectivity index (χ3v) is 6.53. The average molecular weight is 494 g/mol. The number of hydrogen-bond donors (Lipinski definition) is 3. The van der Waals surface area contributed by atoms with Crippen LogP contribution in [0.5, 0.6) is 0 Å². The summed E-state index contributed by atoms with van der Waals surface area (Å²) >= 11 is 0. The Labute approximate surface area is 209 Å². The van der Waals surface area contributed by atoms with Gasteiger partial charge >= 0.3 is 5.97 Å². The Balaban J connectivity index is 2.61. The quantitative estimate of drug-likeness (QED) is 0.508. The fourth-order valence-electron chi connectivity index (χ4n) is 4.41. The molecule has 0 aliphatic carbocycles. The van der Waals surface area contributed by atoms with Crippen LogP contribution >= 0.6 is 0 Å². The van der Waals surface area contributed by atoms with Gasteiger partial charge in [-0.3, -0.25) is 19.4 Å². The van der Waals surface area contributed by atoms with E-state index in [9.17, 15) is 19.2 Å². The molecule has 0 saturated carbocycles. The number of methoxy groups -OCH3 is 1. The van der Waals surface area contributed by atoms with Crippen molar-refractivity contribution >= 4 is 29.5 Å². The van der Waals surface area contributed by atoms with Crippen molar-refractivity contribution < 1.29 is 23.9 Å². The van der Waals surface area contributed by atoms with E-state index in [2.05, 4.69) is 20.9 Å². The number of rotatable bonds is 3. The second-order valence-electron chi connectivity index (χ2n) is 12.0. The van der Waals surface area contributed by atoms with Gasteiger partial charge in [-0.05, 0) is 29.6 Å². The Hall–Kier alpha value is -2.65. The van der Waals surface area contributed by atoms with Gasteiger partial charge in [0, 0.05) is 6.54 Å². The highest BCUT2D eigenvalue weighted by molar-refractivity contribution is 5.99. The lowest BCUT2D eigenvalue weighted by Gasteiger charge is -2.38. The number of carbonyl (C=O) groups is 4. The third-order valence-electron chi connectivity index (χ3n) is 6.53. The maximum Gasteiger partial charge on any atom is 0.328 e. The first-order chi connectivity index (χ1) is 16.1. The highest BCUT2D eigenvalue weighted by Gasteiger charge is 2.41. The molecule has 3 N–H and O–H groups in total. The topological polar surface area (TPSA) is 129 Å². The lowest BCUT2D eigenvalue weighted by molar-refractivity contribution is -0.145. The Kier molecular flexibility index (Phi) is 8.94. The molecular formula is C25H43N5O5. The van der Waals surface area contributed by atoms with Gasteiger partial charge in [-0.1, -0.05) is 55.4 Å². The Morgan fingerprint density at radius 2 is 1.71 bits per heavy atom. The van der Waals surface area contributed by atoms with E-state index in [0.717, 1.165) is 0 Å². The predicted molar refractivity (Wildman–Crippen MR) is 134 cm³/mol. The summed E-state index contributed by atoms with van der Waals surface area (Å²) in [6.45, 7) is 15.5. The second kappa shape index (κ2) is 11.0. The summed E-state index contributed by atoms with van der Waals surface area (Å²) in [5.74, 6) is -1.26. The maximum atomic E-state index is 13.5. The van der Waals surface area contributed by atoms with Crippen LogP contribution in [0.2, 0.25) is 0 Å². The summed E-state index contributed by atoms with van der Waals surface area (Å²) in [6, 6.07) is -2.84. The highest BCUT2D eigenvalue weighted by Crippen LogP contribution is 2.25. The summed E-state index contributed by atoms with van der Waals surface area (Å²) in [5.41, 5.74) is -1.07. The summed E-state index contributed by atoms with van der Waals surface area (Å²) in [4.78, 5) is 58.5. The smallest absolute Gasteiger partial charge is 0.328 e. The van der Waals surface area contributed by atoms with E-state index in [1.807, 2.05) is 55.4 Å². The minimum absolute atomic E-state index is 0.182. The van der Waals surface area contributed by atoms with Gasteiger partial charge in [0.2, 0.25) is 17.7 Å². The first kappa shape index (κ1) is 28.6. The number of carbonyl (C=O) groups excluding carboxylic acids is 4. The van der Waals surface area contributed by atoms with Crippen molar-refractivity contribution in [2.45, 2.75) is 92.4 Å². The van der Waals surface area contributed by atoms with E-state index in [1.165, 1.54) is 7.11 Å². The Morgan fingerprint density at radius 3 is 2.23 bits per heavy atom. The molecule has 1 unspecified atom stereocenters.